The molecule has 2 nitrogen and oxygen atoms in total. The number of hydrogen-bond acceptors (Lipinski definition) is 2. The van der Waals surface area contributed by atoms with Gasteiger partial charge in [-0.2, -0.15) is 11.8 Å². The molecule has 1 aromatic rings. The molecule has 0 spiro atoms. The summed E-state index contributed by atoms with van der Waals surface area (Å²) in [6.45, 7) is 13.8. The van der Waals surface area contributed by atoms with Crippen molar-refractivity contribution >= 4 is 17.7 Å². The molecule has 0 heterocycles. The van der Waals surface area contributed by atoms with Crippen LogP contribution in [0.1, 0.15) is 57.5 Å². The molecule has 1 rings (SSSR count). The standard InChI is InChI=1S/C17H27NOS/c1-16(2,3)14-9-7-13(8-10-14)15(19)18-11-12-20-17(4,5)6/h7-10H,11-12H2,1-6H3,(H,18,19). The lowest BCUT2D eigenvalue weighted by atomic mass is 9.87. The van der Waals surface area contributed by atoms with Crippen LogP contribution in [0.15, 0.2) is 24.3 Å². The second kappa shape index (κ2) is 6.66. The highest BCUT2D eigenvalue weighted by Gasteiger charge is 2.14. The molecule has 0 aromatic heterocycles. The van der Waals surface area contributed by atoms with E-state index in [2.05, 4.69) is 46.9 Å². The van der Waals surface area contributed by atoms with E-state index in [9.17, 15) is 4.79 Å². The van der Waals surface area contributed by atoms with Gasteiger partial charge in [-0.1, -0.05) is 53.7 Å². The second-order valence-corrected chi connectivity index (χ2v) is 8.97. The summed E-state index contributed by atoms with van der Waals surface area (Å²) in [5.41, 5.74) is 2.11. The largest absolute Gasteiger partial charge is 0.351 e. The number of rotatable bonds is 4. The zero-order valence-electron chi connectivity index (χ0n) is 13.5. The van der Waals surface area contributed by atoms with Crippen molar-refractivity contribution in [2.45, 2.75) is 51.7 Å². The molecule has 3 heteroatoms. The lowest BCUT2D eigenvalue weighted by Crippen LogP contribution is -2.27. The Morgan fingerprint density at radius 3 is 2.05 bits per heavy atom. The van der Waals surface area contributed by atoms with Crippen LogP contribution in [-0.2, 0) is 5.41 Å². The number of benzene rings is 1. The van der Waals surface area contributed by atoms with Crippen LogP contribution in [0.3, 0.4) is 0 Å². The maximum absolute atomic E-state index is 12.0. The highest BCUT2D eigenvalue weighted by molar-refractivity contribution is 8.00. The van der Waals surface area contributed by atoms with Crippen molar-refractivity contribution in [2.24, 2.45) is 0 Å². The minimum absolute atomic E-state index is 0.0139. The van der Waals surface area contributed by atoms with Crippen LogP contribution >= 0.6 is 11.8 Å². The first-order valence-corrected chi connectivity index (χ1v) is 8.11. The Morgan fingerprint density at radius 1 is 1.05 bits per heavy atom. The monoisotopic (exact) mass is 293 g/mol. The SMILES string of the molecule is CC(C)(C)SCCNC(=O)c1ccc(C(C)(C)C)cc1. The van der Waals surface area contributed by atoms with Crippen molar-refractivity contribution in [1.29, 1.82) is 0 Å². The van der Waals surface area contributed by atoms with E-state index in [-0.39, 0.29) is 16.1 Å². The molecule has 0 atom stereocenters. The summed E-state index contributed by atoms with van der Waals surface area (Å²) in [6, 6.07) is 7.90. The van der Waals surface area contributed by atoms with Gasteiger partial charge in [-0.3, -0.25) is 4.79 Å². The average molecular weight is 293 g/mol. The Labute approximate surface area is 127 Å². The van der Waals surface area contributed by atoms with E-state index in [0.717, 1.165) is 11.3 Å². The van der Waals surface area contributed by atoms with Gasteiger partial charge in [-0.25, -0.2) is 0 Å². The Balaban J connectivity index is 2.48. The predicted molar refractivity (Wildman–Crippen MR) is 89.7 cm³/mol. The fourth-order valence-electron chi connectivity index (χ4n) is 1.75. The Bertz CT molecular complexity index is 438. The Morgan fingerprint density at radius 2 is 1.60 bits per heavy atom. The maximum Gasteiger partial charge on any atom is 0.251 e. The molecule has 0 aliphatic carbocycles. The van der Waals surface area contributed by atoms with Gasteiger partial charge in [-0.15, -0.1) is 0 Å². The maximum atomic E-state index is 12.0. The van der Waals surface area contributed by atoms with Crippen LogP contribution in [0.25, 0.3) is 0 Å². The summed E-state index contributed by atoms with van der Waals surface area (Å²) < 4.78 is 0.249. The molecule has 0 saturated carbocycles. The van der Waals surface area contributed by atoms with Crippen molar-refractivity contribution in [2.75, 3.05) is 12.3 Å². The molecule has 1 amide bonds. The smallest absolute Gasteiger partial charge is 0.251 e. The van der Waals surface area contributed by atoms with Gasteiger partial charge >= 0.3 is 0 Å². The quantitative estimate of drug-likeness (QED) is 0.841. The van der Waals surface area contributed by atoms with Gasteiger partial charge < -0.3 is 5.32 Å². The molecular formula is C17H27NOS. The summed E-state index contributed by atoms with van der Waals surface area (Å²) in [4.78, 5) is 12.0. The lowest BCUT2D eigenvalue weighted by molar-refractivity contribution is 0.0956. The molecule has 0 radical (unpaired) electrons. The summed E-state index contributed by atoms with van der Waals surface area (Å²) in [6.07, 6.45) is 0. The molecule has 20 heavy (non-hydrogen) atoms. The van der Waals surface area contributed by atoms with E-state index in [4.69, 9.17) is 0 Å². The van der Waals surface area contributed by atoms with Crippen molar-refractivity contribution in [1.82, 2.24) is 5.32 Å². The van der Waals surface area contributed by atoms with Gasteiger partial charge in [0.25, 0.3) is 5.91 Å². The number of thioether (sulfide) groups is 1. The zero-order chi connectivity index (χ0) is 15.4. The van der Waals surface area contributed by atoms with Gasteiger partial charge in [0.05, 0.1) is 0 Å². The average Bonchev–Trinajstić information content (AvgIpc) is 2.32. The molecule has 112 valence electrons. The number of amides is 1. The van der Waals surface area contributed by atoms with Crippen LogP contribution in [0.2, 0.25) is 0 Å². The number of nitrogens with one attached hydrogen (secondary N) is 1. The third-order valence-electron chi connectivity index (χ3n) is 2.94. The van der Waals surface area contributed by atoms with Gasteiger partial charge in [-0.05, 0) is 23.1 Å². The van der Waals surface area contributed by atoms with E-state index in [1.807, 2.05) is 36.0 Å². The first kappa shape index (κ1) is 17.1. The third kappa shape index (κ3) is 6.00. The van der Waals surface area contributed by atoms with Crippen LogP contribution in [0.5, 0.6) is 0 Å². The summed E-state index contributed by atoms with van der Waals surface area (Å²) in [5.74, 6) is 0.954. The third-order valence-corrected chi connectivity index (χ3v) is 4.21. The number of carbonyl (C=O) groups excluding carboxylic acids is 1. The minimum atomic E-state index is 0.0139. The van der Waals surface area contributed by atoms with E-state index in [1.165, 1.54) is 5.56 Å². The molecule has 0 bridgehead atoms. The van der Waals surface area contributed by atoms with Crippen LogP contribution in [-0.4, -0.2) is 23.0 Å². The van der Waals surface area contributed by atoms with Crippen LogP contribution < -0.4 is 5.32 Å². The van der Waals surface area contributed by atoms with Crippen molar-refractivity contribution in [3.05, 3.63) is 35.4 Å². The summed E-state index contributed by atoms with van der Waals surface area (Å²) in [5, 5.41) is 2.97. The predicted octanol–water partition coefficient (Wildman–Crippen LogP) is 4.25. The molecule has 0 aliphatic rings. The molecule has 0 saturated heterocycles. The van der Waals surface area contributed by atoms with Gasteiger partial charge in [0.2, 0.25) is 0 Å². The van der Waals surface area contributed by atoms with E-state index in [1.54, 1.807) is 0 Å². The molecule has 1 aromatic carbocycles. The molecule has 0 aliphatic heterocycles. The second-order valence-electron chi connectivity index (χ2n) is 7.04. The first-order valence-electron chi connectivity index (χ1n) is 7.12. The van der Waals surface area contributed by atoms with Crippen molar-refractivity contribution < 1.29 is 4.79 Å². The number of hydrogen-bond donors (Lipinski definition) is 1. The van der Waals surface area contributed by atoms with E-state index >= 15 is 0 Å². The lowest BCUT2D eigenvalue weighted by Gasteiger charge is -2.19. The van der Waals surface area contributed by atoms with E-state index < -0.39 is 0 Å². The highest BCUT2D eigenvalue weighted by Crippen LogP contribution is 2.23. The van der Waals surface area contributed by atoms with Crippen LogP contribution in [0, 0.1) is 0 Å². The highest BCUT2D eigenvalue weighted by atomic mass is 32.2. The fourth-order valence-corrected chi connectivity index (χ4v) is 2.56. The van der Waals surface area contributed by atoms with Gasteiger partial charge in [0, 0.05) is 22.6 Å². The minimum Gasteiger partial charge on any atom is -0.351 e. The fraction of sp³-hybridized carbons (Fsp3) is 0.588. The van der Waals surface area contributed by atoms with E-state index in [0.29, 0.717) is 6.54 Å². The normalized spacial score (nSPS) is 12.3. The molecule has 1 N–H and O–H groups in total. The van der Waals surface area contributed by atoms with Crippen molar-refractivity contribution in [3.8, 4) is 0 Å². The molecule has 0 unspecified atom stereocenters. The van der Waals surface area contributed by atoms with Crippen molar-refractivity contribution in [3.63, 3.8) is 0 Å². The van der Waals surface area contributed by atoms with Gasteiger partial charge in [0.1, 0.15) is 0 Å². The van der Waals surface area contributed by atoms with Crippen LogP contribution in [0.4, 0.5) is 0 Å². The first-order chi connectivity index (χ1) is 9.09. The van der Waals surface area contributed by atoms with Gasteiger partial charge in [0.15, 0.2) is 0 Å². The zero-order valence-corrected chi connectivity index (χ0v) is 14.4. The Kier molecular flexibility index (Phi) is 5.69. The molecule has 0 fully saturated rings. The number of carbonyl (C=O) groups is 1. The topological polar surface area (TPSA) is 29.1 Å². The Hall–Kier alpha value is -0.960. The summed E-state index contributed by atoms with van der Waals surface area (Å²) in [7, 11) is 0. The summed E-state index contributed by atoms with van der Waals surface area (Å²) >= 11 is 1.86. The molecular weight excluding hydrogens is 266 g/mol.